The maximum absolute atomic E-state index is 13.4. The zero-order valence-electron chi connectivity index (χ0n) is 23.3. The molecule has 9 nitrogen and oxygen atoms in total. The Bertz CT molecular complexity index is 709. The molecule has 7 unspecified atom stereocenters. The number of rotatable bonds is 16. The number of hydrogen-bond acceptors (Lipinski definition) is 8. The summed E-state index contributed by atoms with van der Waals surface area (Å²) in [5, 5.41) is 17.1. The number of ether oxygens (including phenoxy) is 2. The highest BCUT2D eigenvalue weighted by atomic mass is 16.5. The molecule has 0 heterocycles. The first-order chi connectivity index (χ1) is 16.2. The molecule has 9 heteroatoms. The number of hydrogen-bond donors (Lipinski definition) is 4. The summed E-state index contributed by atoms with van der Waals surface area (Å²) in [5.74, 6) is -2.31. The maximum Gasteiger partial charge on any atom is 0.325 e. The number of aliphatic hydroxyl groups is 1. The van der Waals surface area contributed by atoms with E-state index in [1.165, 1.54) is 14.2 Å². The van der Waals surface area contributed by atoms with E-state index in [-0.39, 0.29) is 17.6 Å². The molecule has 0 aliphatic heterocycles. The van der Waals surface area contributed by atoms with Crippen molar-refractivity contribution in [3.63, 3.8) is 0 Å². The number of esters is 1. The van der Waals surface area contributed by atoms with E-state index in [1.54, 1.807) is 33.8 Å². The van der Waals surface area contributed by atoms with Gasteiger partial charge in [-0.05, 0) is 33.1 Å². The first-order valence-corrected chi connectivity index (χ1v) is 12.5. The highest BCUT2D eigenvalue weighted by molar-refractivity contribution is 5.88. The summed E-state index contributed by atoms with van der Waals surface area (Å²) >= 11 is 0. The number of methoxy groups -OCH3 is 2. The van der Waals surface area contributed by atoms with Gasteiger partial charge in [0.2, 0.25) is 5.91 Å². The highest BCUT2D eigenvalue weighted by Gasteiger charge is 2.40. The van der Waals surface area contributed by atoms with Crippen LogP contribution in [0.1, 0.15) is 68.2 Å². The molecular formula is C26H49N3O6. The van der Waals surface area contributed by atoms with Gasteiger partial charge in [-0.3, -0.25) is 19.7 Å². The van der Waals surface area contributed by atoms with Crippen molar-refractivity contribution in [2.75, 3.05) is 14.2 Å². The van der Waals surface area contributed by atoms with Crippen LogP contribution in [-0.4, -0.2) is 72.9 Å². The molecule has 0 aromatic carbocycles. The van der Waals surface area contributed by atoms with Gasteiger partial charge >= 0.3 is 5.97 Å². The van der Waals surface area contributed by atoms with Crippen LogP contribution in [0.15, 0.2) is 12.2 Å². The standard InChI is InChI=1S/C26H49N3O6/c1-11-13-18(29-26(7,8)25(33)35-10)22(30)17(6)20(27)23(31)21(15(3)4)28-24(32)16(5)19(34-9)14-12-2/h12,14-21,23,29,31H,11,13,27H2,1-10H3,(H,28,32). The van der Waals surface area contributed by atoms with Crippen LogP contribution in [0.25, 0.3) is 0 Å². The van der Waals surface area contributed by atoms with E-state index >= 15 is 0 Å². The normalized spacial score (nSPS) is 18.4. The second-order valence-corrected chi connectivity index (χ2v) is 10.2. The summed E-state index contributed by atoms with van der Waals surface area (Å²) in [7, 11) is 2.83. The van der Waals surface area contributed by atoms with Gasteiger partial charge in [-0.25, -0.2) is 0 Å². The number of Topliss-reactive ketones (excluding diaryl/α,β-unsaturated/α-hetero) is 1. The van der Waals surface area contributed by atoms with Crippen molar-refractivity contribution in [2.45, 2.75) is 104 Å². The maximum atomic E-state index is 13.4. The molecule has 0 radical (unpaired) electrons. The molecule has 0 spiro atoms. The molecule has 0 aliphatic rings. The van der Waals surface area contributed by atoms with Crippen LogP contribution in [0.3, 0.4) is 0 Å². The Balaban J connectivity index is 5.63. The molecule has 1 amide bonds. The molecule has 0 rings (SSSR count). The summed E-state index contributed by atoms with van der Waals surface area (Å²) in [5.41, 5.74) is 5.32. The van der Waals surface area contributed by atoms with Crippen LogP contribution in [0.4, 0.5) is 0 Å². The van der Waals surface area contributed by atoms with E-state index in [0.717, 1.165) is 0 Å². The number of nitrogens with two attached hydrogens (primary N) is 1. The fourth-order valence-corrected chi connectivity index (χ4v) is 4.10. The second kappa shape index (κ2) is 15.3. The van der Waals surface area contributed by atoms with E-state index in [0.29, 0.717) is 12.8 Å². The van der Waals surface area contributed by atoms with Crippen LogP contribution in [0, 0.1) is 17.8 Å². The molecular weight excluding hydrogens is 450 g/mol. The molecule has 0 saturated carbocycles. The van der Waals surface area contributed by atoms with Crippen molar-refractivity contribution in [2.24, 2.45) is 23.5 Å². The van der Waals surface area contributed by atoms with Crippen LogP contribution in [0.5, 0.6) is 0 Å². The van der Waals surface area contributed by atoms with Crippen LogP contribution in [-0.2, 0) is 23.9 Å². The predicted molar refractivity (Wildman–Crippen MR) is 138 cm³/mol. The van der Waals surface area contributed by atoms with Gasteiger partial charge in [0.05, 0.1) is 37.3 Å². The fourth-order valence-electron chi connectivity index (χ4n) is 4.10. The number of ketones is 1. The zero-order chi connectivity index (χ0) is 27.5. The molecule has 0 bridgehead atoms. The summed E-state index contributed by atoms with van der Waals surface area (Å²) in [6.45, 7) is 14.3. The van der Waals surface area contributed by atoms with Gasteiger partial charge in [0, 0.05) is 19.1 Å². The van der Waals surface area contributed by atoms with Gasteiger partial charge in [0.15, 0.2) is 5.78 Å². The third-order valence-electron chi connectivity index (χ3n) is 6.53. The quantitative estimate of drug-likeness (QED) is 0.187. The summed E-state index contributed by atoms with van der Waals surface area (Å²) in [6, 6.07) is -2.23. The lowest BCUT2D eigenvalue weighted by Gasteiger charge is -2.36. The number of amides is 1. The summed E-state index contributed by atoms with van der Waals surface area (Å²) in [6.07, 6.45) is 3.26. The molecule has 5 N–H and O–H groups in total. The van der Waals surface area contributed by atoms with E-state index in [4.69, 9.17) is 15.2 Å². The molecule has 0 aromatic heterocycles. The van der Waals surface area contributed by atoms with Crippen LogP contribution in [0.2, 0.25) is 0 Å². The molecule has 0 fully saturated rings. The van der Waals surface area contributed by atoms with Crippen molar-refractivity contribution in [1.82, 2.24) is 10.6 Å². The SMILES string of the molecule is CC=CC(OC)C(C)C(=O)NC(C(C)C)C(O)C(N)C(C)C(=O)C(CCC)NC(C)(C)C(=O)OC. The predicted octanol–water partition coefficient (Wildman–Crippen LogP) is 1.96. The Morgan fingerprint density at radius 3 is 2.09 bits per heavy atom. The van der Waals surface area contributed by atoms with Gasteiger partial charge in [0.25, 0.3) is 0 Å². The average Bonchev–Trinajstić information content (AvgIpc) is 2.81. The largest absolute Gasteiger partial charge is 0.468 e. The molecule has 7 atom stereocenters. The van der Waals surface area contributed by atoms with Gasteiger partial charge in [-0.1, -0.05) is 53.2 Å². The van der Waals surface area contributed by atoms with Gasteiger partial charge in [0.1, 0.15) is 5.54 Å². The van der Waals surface area contributed by atoms with Crippen LogP contribution >= 0.6 is 0 Å². The van der Waals surface area contributed by atoms with Gasteiger partial charge in [-0.15, -0.1) is 0 Å². The van der Waals surface area contributed by atoms with E-state index in [9.17, 15) is 19.5 Å². The molecule has 0 aromatic rings. The zero-order valence-corrected chi connectivity index (χ0v) is 23.3. The minimum absolute atomic E-state index is 0.139. The van der Waals surface area contributed by atoms with Gasteiger partial charge in [-0.2, -0.15) is 0 Å². The topological polar surface area (TPSA) is 140 Å². The van der Waals surface area contributed by atoms with E-state index in [1.807, 2.05) is 33.8 Å². The summed E-state index contributed by atoms with van der Waals surface area (Å²) < 4.78 is 10.2. The smallest absolute Gasteiger partial charge is 0.325 e. The molecule has 0 aliphatic carbocycles. The number of carbonyl (C=O) groups is 3. The second-order valence-electron chi connectivity index (χ2n) is 10.2. The van der Waals surface area contributed by atoms with Crippen molar-refractivity contribution in [1.29, 1.82) is 0 Å². The number of aliphatic hydroxyl groups excluding tert-OH is 1. The summed E-state index contributed by atoms with van der Waals surface area (Å²) in [4.78, 5) is 38.4. The monoisotopic (exact) mass is 499 g/mol. The Morgan fingerprint density at radius 2 is 1.66 bits per heavy atom. The minimum Gasteiger partial charge on any atom is -0.468 e. The third kappa shape index (κ3) is 9.63. The Hall–Kier alpha value is -1.81. The number of nitrogens with one attached hydrogen (secondary N) is 2. The highest BCUT2D eigenvalue weighted by Crippen LogP contribution is 2.20. The Kier molecular flexibility index (Phi) is 14.5. The van der Waals surface area contributed by atoms with Crippen molar-refractivity contribution < 1.29 is 29.0 Å². The number of carbonyl (C=O) groups excluding carboxylic acids is 3. The lowest BCUT2D eigenvalue weighted by Crippen LogP contribution is -2.60. The molecule has 0 saturated heterocycles. The first kappa shape index (κ1) is 33.2. The van der Waals surface area contributed by atoms with Gasteiger partial charge < -0.3 is 25.6 Å². The lowest BCUT2D eigenvalue weighted by atomic mass is 9.83. The first-order valence-electron chi connectivity index (χ1n) is 12.5. The van der Waals surface area contributed by atoms with Crippen LogP contribution < -0.4 is 16.4 Å². The van der Waals surface area contributed by atoms with Crippen molar-refractivity contribution in [3.05, 3.63) is 12.2 Å². The molecule has 204 valence electrons. The van der Waals surface area contributed by atoms with Crippen molar-refractivity contribution >= 4 is 17.7 Å². The Labute approximate surface area is 211 Å². The van der Waals surface area contributed by atoms with Crippen molar-refractivity contribution in [3.8, 4) is 0 Å². The molecule has 35 heavy (non-hydrogen) atoms. The Morgan fingerprint density at radius 1 is 1.09 bits per heavy atom. The third-order valence-corrected chi connectivity index (χ3v) is 6.53. The average molecular weight is 500 g/mol. The number of allylic oxidation sites excluding steroid dienone is 1. The minimum atomic E-state index is -1.16. The van der Waals surface area contributed by atoms with E-state index in [2.05, 4.69) is 10.6 Å². The fraction of sp³-hybridized carbons (Fsp3) is 0.808. The van der Waals surface area contributed by atoms with E-state index < -0.39 is 53.7 Å². The lowest BCUT2D eigenvalue weighted by molar-refractivity contribution is -0.148.